The number of aromatic amines is 1. The molecule has 0 aliphatic carbocycles. The van der Waals surface area contributed by atoms with Crippen LogP contribution in [-0.4, -0.2) is 9.55 Å². The summed E-state index contributed by atoms with van der Waals surface area (Å²) in [6.07, 6.45) is 0. The van der Waals surface area contributed by atoms with Crippen molar-refractivity contribution in [2.45, 2.75) is 5.45 Å². The molecule has 0 fully saturated rings. The van der Waals surface area contributed by atoms with Crippen molar-refractivity contribution in [2.75, 3.05) is 0 Å². The maximum Gasteiger partial charge on any atom is 0.0785 e. The van der Waals surface area contributed by atoms with Gasteiger partial charge in [0.2, 0.25) is 0 Å². The lowest BCUT2D eigenvalue weighted by molar-refractivity contribution is 0.999. The Hall–Kier alpha value is -3.04. The van der Waals surface area contributed by atoms with Gasteiger partial charge in [0, 0.05) is 43.6 Å². The second-order valence-electron chi connectivity index (χ2n) is 6.80. The number of hydrogen-bond donors (Lipinski definition) is 1. The van der Waals surface area contributed by atoms with Crippen LogP contribution in [0, 0.1) is 0 Å². The molecule has 6 rings (SSSR count). The van der Waals surface area contributed by atoms with Crippen LogP contribution in [0.1, 0.15) is 0 Å². The van der Waals surface area contributed by atoms with Crippen molar-refractivity contribution in [2.24, 2.45) is 0 Å². The lowest BCUT2D eigenvalue weighted by Crippen LogP contribution is -1.89. The van der Waals surface area contributed by atoms with Crippen molar-refractivity contribution in [3.8, 4) is 0 Å². The maximum atomic E-state index is 3.54. The number of nitrogens with zero attached hydrogens (tertiary/aromatic N) is 1. The van der Waals surface area contributed by atoms with E-state index in [0.29, 0.717) is 0 Å². The van der Waals surface area contributed by atoms with Gasteiger partial charge in [-0.2, -0.15) is 0 Å². The van der Waals surface area contributed by atoms with Gasteiger partial charge in [0.1, 0.15) is 0 Å². The number of H-pyrrole nitrogens is 1. The van der Waals surface area contributed by atoms with E-state index in [1.165, 1.54) is 43.6 Å². The Bertz CT molecular complexity index is 1300. The second kappa shape index (κ2) is 7.17. The number of halogens is 1. The maximum absolute atomic E-state index is 3.54. The van der Waals surface area contributed by atoms with Crippen molar-refractivity contribution in [1.29, 1.82) is 0 Å². The highest BCUT2D eigenvalue weighted by molar-refractivity contribution is 9.08. The van der Waals surface area contributed by atoms with E-state index in [0.717, 1.165) is 5.45 Å². The zero-order chi connectivity index (χ0) is 18.9. The third-order valence-corrected chi connectivity index (χ3v) is 5.71. The Kier molecular flexibility index (Phi) is 4.38. The molecular formula is C25H19BrN2. The van der Waals surface area contributed by atoms with Crippen molar-refractivity contribution in [1.82, 2.24) is 9.55 Å². The average Bonchev–Trinajstić information content (AvgIpc) is 3.30. The summed E-state index contributed by atoms with van der Waals surface area (Å²) in [5, 5.41) is 5.26. The largest absolute Gasteiger partial charge is 0.355 e. The molecule has 2 heterocycles. The average molecular weight is 427 g/mol. The van der Waals surface area contributed by atoms with E-state index in [1.807, 2.05) is 0 Å². The van der Waals surface area contributed by atoms with Crippen molar-refractivity contribution in [3.05, 3.63) is 97.1 Å². The summed E-state index contributed by atoms with van der Waals surface area (Å²) in [4.78, 5) is 3.38. The predicted octanol–water partition coefficient (Wildman–Crippen LogP) is 7.47. The molecule has 0 bridgehead atoms. The summed E-state index contributed by atoms with van der Waals surface area (Å²) >= 11 is 3.54. The Morgan fingerprint density at radius 3 is 1.39 bits per heavy atom. The lowest BCUT2D eigenvalue weighted by Gasteiger charge is -2.00. The van der Waals surface area contributed by atoms with Crippen molar-refractivity contribution in [3.63, 3.8) is 0 Å². The first-order valence-electron chi connectivity index (χ1n) is 9.34. The number of nitrogens with one attached hydrogen (secondary N) is 1. The smallest absolute Gasteiger partial charge is 0.0785 e. The molecule has 0 aliphatic rings. The van der Waals surface area contributed by atoms with Crippen LogP contribution in [-0.2, 0) is 5.45 Å². The van der Waals surface area contributed by atoms with Crippen molar-refractivity contribution < 1.29 is 0 Å². The SMILES string of the molecule is BrCn1c2ccccc2c2ccccc21.c1ccc2c(c1)[nH]c1ccccc12. The quantitative estimate of drug-likeness (QED) is 0.263. The fourth-order valence-electron chi connectivity index (χ4n) is 3.93. The summed E-state index contributed by atoms with van der Waals surface area (Å²) < 4.78 is 2.28. The van der Waals surface area contributed by atoms with Crippen LogP contribution in [0.4, 0.5) is 0 Å². The minimum atomic E-state index is 0.834. The van der Waals surface area contributed by atoms with E-state index >= 15 is 0 Å². The fraction of sp³-hybridized carbons (Fsp3) is 0.0400. The zero-order valence-electron chi connectivity index (χ0n) is 15.3. The molecule has 136 valence electrons. The molecule has 0 unspecified atom stereocenters. The normalized spacial score (nSPS) is 11.2. The Labute approximate surface area is 171 Å². The Balaban J connectivity index is 0.000000123. The van der Waals surface area contributed by atoms with Crippen LogP contribution in [0.2, 0.25) is 0 Å². The van der Waals surface area contributed by atoms with Gasteiger partial charge in [0.05, 0.1) is 5.45 Å². The molecule has 0 aliphatic heterocycles. The van der Waals surface area contributed by atoms with Crippen LogP contribution in [0.3, 0.4) is 0 Å². The number of rotatable bonds is 1. The van der Waals surface area contributed by atoms with E-state index in [-0.39, 0.29) is 0 Å². The first-order chi connectivity index (χ1) is 13.9. The molecule has 0 saturated carbocycles. The minimum absolute atomic E-state index is 0.834. The number of alkyl halides is 1. The van der Waals surface area contributed by atoms with Crippen LogP contribution in [0.5, 0.6) is 0 Å². The molecule has 0 amide bonds. The topological polar surface area (TPSA) is 20.7 Å². The van der Waals surface area contributed by atoms with E-state index in [4.69, 9.17) is 0 Å². The number of benzene rings is 4. The van der Waals surface area contributed by atoms with Crippen LogP contribution in [0.25, 0.3) is 43.6 Å². The monoisotopic (exact) mass is 426 g/mol. The summed E-state index contributed by atoms with van der Waals surface area (Å²) in [7, 11) is 0. The van der Waals surface area contributed by atoms with Gasteiger partial charge in [-0.3, -0.25) is 0 Å². The van der Waals surface area contributed by atoms with Crippen LogP contribution < -0.4 is 0 Å². The van der Waals surface area contributed by atoms with Gasteiger partial charge < -0.3 is 9.55 Å². The summed E-state index contributed by atoms with van der Waals surface area (Å²) in [6, 6.07) is 33.8. The number of fused-ring (bicyclic) bond motifs is 6. The van der Waals surface area contributed by atoms with Gasteiger partial charge in [0.15, 0.2) is 0 Å². The van der Waals surface area contributed by atoms with Gasteiger partial charge in [-0.25, -0.2) is 0 Å². The highest BCUT2D eigenvalue weighted by Gasteiger charge is 2.07. The van der Waals surface area contributed by atoms with Crippen LogP contribution in [0.15, 0.2) is 97.1 Å². The molecule has 2 aromatic heterocycles. The van der Waals surface area contributed by atoms with Gasteiger partial charge in [-0.1, -0.05) is 88.7 Å². The zero-order valence-corrected chi connectivity index (χ0v) is 16.9. The van der Waals surface area contributed by atoms with E-state index in [9.17, 15) is 0 Å². The van der Waals surface area contributed by atoms with Gasteiger partial charge in [0.25, 0.3) is 0 Å². The lowest BCUT2D eigenvalue weighted by atomic mass is 10.2. The molecule has 28 heavy (non-hydrogen) atoms. The molecule has 2 nitrogen and oxygen atoms in total. The molecular weight excluding hydrogens is 408 g/mol. The molecule has 1 N–H and O–H groups in total. The fourth-order valence-corrected chi connectivity index (χ4v) is 4.47. The van der Waals surface area contributed by atoms with Crippen LogP contribution >= 0.6 is 15.9 Å². The van der Waals surface area contributed by atoms with Gasteiger partial charge in [-0.15, -0.1) is 0 Å². The number of para-hydroxylation sites is 4. The summed E-state index contributed by atoms with van der Waals surface area (Å²) in [5.41, 5.74) is 5.83. The highest BCUT2D eigenvalue weighted by atomic mass is 79.9. The molecule has 0 atom stereocenters. The van der Waals surface area contributed by atoms with E-state index in [2.05, 4.69) is 123 Å². The first-order valence-corrected chi connectivity index (χ1v) is 10.5. The summed E-state index contributed by atoms with van der Waals surface area (Å²) in [5.74, 6) is 0. The van der Waals surface area contributed by atoms with E-state index < -0.39 is 0 Å². The van der Waals surface area contributed by atoms with Gasteiger partial charge in [-0.05, 0) is 24.3 Å². The van der Waals surface area contributed by atoms with E-state index in [1.54, 1.807) is 0 Å². The minimum Gasteiger partial charge on any atom is -0.355 e. The number of aromatic nitrogens is 2. The molecule has 6 aromatic rings. The summed E-state index contributed by atoms with van der Waals surface area (Å²) in [6.45, 7) is 0. The molecule has 3 heteroatoms. The number of hydrogen-bond acceptors (Lipinski definition) is 0. The molecule has 0 spiro atoms. The molecule has 0 saturated heterocycles. The predicted molar refractivity (Wildman–Crippen MR) is 124 cm³/mol. The highest BCUT2D eigenvalue weighted by Crippen LogP contribution is 2.29. The third-order valence-electron chi connectivity index (χ3n) is 5.21. The molecule has 4 aromatic carbocycles. The standard InChI is InChI=1S/C13H10BrN.C12H9N/c14-9-15-12-7-3-1-5-10(12)11-6-2-4-8-13(11)15;1-3-7-11-9(5-1)10-6-2-4-8-12(10)13-11/h1-8H,9H2;1-8,13H. The Morgan fingerprint density at radius 1 is 0.536 bits per heavy atom. The first kappa shape index (κ1) is 17.1. The third kappa shape index (κ3) is 2.79. The molecule has 0 radical (unpaired) electrons. The Morgan fingerprint density at radius 2 is 0.929 bits per heavy atom. The second-order valence-corrected chi connectivity index (χ2v) is 7.30. The van der Waals surface area contributed by atoms with Gasteiger partial charge >= 0.3 is 0 Å². The van der Waals surface area contributed by atoms with Crippen molar-refractivity contribution >= 4 is 59.5 Å².